The lowest BCUT2D eigenvalue weighted by molar-refractivity contribution is 0.400. The van der Waals surface area contributed by atoms with Crippen LogP contribution in [-0.4, -0.2) is 16.3 Å². The summed E-state index contributed by atoms with van der Waals surface area (Å²) >= 11 is 0. The van der Waals surface area contributed by atoms with Crippen molar-refractivity contribution in [1.82, 2.24) is 0 Å². The van der Waals surface area contributed by atoms with Crippen LogP contribution in [0.15, 0.2) is 12.1 Å². The predicted octanol–water partition coefficient (Wildman–Crippen LogP) is 1.30. The fourth-order valence-corrected chi connectivity index (χ4v) is 1.30. The SMILES string of the molecule is Cc1c(CC(C)N)ccc(O)c1O. The van der Waals surface area contributed by atoms with E-state index in [-0.39, 0.29) is 17.5 Å². The Hall–Kier alpha value is -1.22. The van der Waals surface area contributed by atoms with Gasteiger partial charge in [0.25, 0.3) is 0 Å². The molecule has 0 radical (unpaired) electrons. The quantitative estimate of drug-likeness (QED) is 0.602. The maximum Gasteiger partial charge on any atom is 0.160 e. The van der Waals surface area contributed by atoms with E-state index < -0.39 is 0 Å². The van der Waals surface area contributed by atoms with Crippen LogP contribution in [0.5, 0.6) is 11.5 Å². The first-order valence-electron chi connectivity index (χ1n) is 4.28. The van der Waals surface area contributed by atoms with Gasteiger partial charge in [-0.2, -0.15) is 0 Å². The Morgan fingerprint density at radius 3 is 2.54 bits per heavy atom. The molecule has 1 unspecified atom stereocenters. The molecule has 4 N–H and O–H groups in total. The maximum atomic E-state index is 9.41. The fourth-order valence-electron chi connectivity index (χ4n) is 1.30. The van der Waals surface area contributed by atoms with Crippen LogP contribution in [0.4, 0.5) is 0 Å². The zero-order valence-corrected chi connectivity index (χ0v) is 7.91. The lowest BCUT2D eigenvalue weighted by Crippen LogP contribution is -2.18. The maximum absolute atomic E-state index is 9.41. The first-order chi connectivity index (χ1) is 6.02. The van der Waals surface area contributed by atoms with Gasteiger partial charge in [0, 0.05) is 6.04 Å². The van der Waals surface area contributed by atoms with Crippen molar-refractivity contribution in [2.45, 2.75) is 26.3 Å². The van der Waals surface area contributed by atoms with Gasteiger partial charge in [0.1, 0.15) is 0 Å². The molecule has 0 saturated heterocycles. The molecule has 0 fully saturated rings. The van der Waals surface area contributed by atoms with Crippen molar-refractivity contribution in [2.75, 3.05) is 0 Å². The summed E-state index contributed by atoms with van der Waals surface area (Å²) in [6.45, 7) is 3.68. The molecule has 0 aliphatic carbocycles. The fraction of sp³-hybridized carbons (Fsp3) is 0.400. The molecule has 0 spiro atoms. The van der Waals surface area contributed by atoms with Crippen molar-refractivity contribution in [3.05, 3.63) is 23.3 Å². The number of benzene rings is 1. The van der Waals surface area contributed by atoms with Crippen molar-refractivity contribution < 1.29 is 10.2 Å². The Labute approximate surface area is 77.8 Å². The topological polar surface area (TPSA) is 66.5 Å². The number of hydrogen-bond donors (Lipinski definition) is 3. The second kappa shape index (κ2) is 3.66. The molecule has 1 atom stereocenters. The van der Waals surface area contributed by atoms with Gasteiger partial charge < -0.3 is 15.9 Å². The highest BCUT2D eigenvalue weighted by molar-refractivity contribution is 5.48. The first-order valence-corrected chi connectivity index (χ1v) is 4.28. The van der Waals surface area contributed by atoms with Gasteiger partial charge in [0.05, 0.1) is 0 Å². The highest BCUT2D eigenvalue weighted by Gasteiger charge is 2.08. The number of aromatic hydroxyl groups is 2. The minimum absolute atomic E-state index is 0.0434. The Balaban J connectivity index is 3.04. The zero-order chi connectivity index (χ0) is 10.0. The van der Waals surface area contributed by atoms with Gasteiger partial charge in [-0.3, -0.25) is 0 Å². The van der Waals surface area contributed by atoms with Crippen LogP contribution >= 0.6 is 0 Å². The Morgan fingerprint density at radius 1 is 1.38 bits per heavy atom. The van der Waals surface area contributed by atoms with Crippen LogP contribution in [-0.2, 0) is 6.42 Å². The molecule has 0 aliphatic rings. The van der Waals surface area contributed by atoms with Gasteiger partial charge in [0.2, 0.25) is 0 Å². The van der Waals surface area contributed by atoms with E-state index in [9.17, 15) is 10.2 Å². The summed E-state index contributed by atoms with van der Waals surface area (Å²) < 4.78 is 0. The van der Waals surface area contributed by atoms with E-state index in [1.807, 2.05) is 6.92 Å². The highest BCUT2D eigenvalue weighted by Crippen LogP contribution is 2.30. The largest absolute Gasteiger partial charge is 0.504 e. The number of hydrogen-bond acceptors (Lipinski definition) is 3. The van der Waals surface area contributed by atoms with Crippen LogP contribution in [0, 0.1) is 6.92 Å². The van der Waals surface area contributed by atoms with E-state index in [4.69, 9.17) is 5.73 Å². The minimum atomic E-state index is -0.0778. The summed E-state index contributed by atoms with van der Waals surface area (Å²) in [5, 5.41) is 18.6. The molecule has 1 aromatic carbocycles. The van der Waals surface area contributed by atoms with E-state index in [0.29, 0.717) is 12.0 Å². The normalized spacial score (nSPS) is 12.8. The number of nitrogens with two attached hydrogens (primary N) is 1. The van der Waals surface area contributed by atoms with E-state index in [1.54, 1.807) is 13.0 Å². The number of rotatable bonds is 2. The van der Waals surface area contributed by atoms with Crippen LogP contribution in [0.1, 0.15) is 18.1 Å². The minimum Gasteiger partial charge on any atom is -0.504 e. The molecule has 0 aromatic heterocycles. The smallest absolute Gasteiger partial charge is 0.160 e. The molecule has 0 amide bonds. The summed E-state index contributed by atoms with van der Waals surface area (Å²) in [6, 6.07) is 3.33. The third kappa shape index (κ3) is 2.12. The van der Waals surface area contributed by atoms with Gasteiger partial charge in [0.15, 0.2) is 11.5 Å². The molecule has 0 saturated carbocycles. The van der Waals surface area contributed by atoms with E-state index >= 15 is 0 Å². The lowest BCUT2D eigenvalue weighted by Gasteiger charge is -2.10. The standard InChI is InChI=1S/C10H15NO2/c1-6(11)5-8-3-4-9(12)10(13)7(8)2/h3-4,6,12-13H,5,11H2,1-2H3. The molecule has 0 heterocycles. The lowest BCUT2D eigenvalue weighted by atomic mass is 10.0. The van der Waals surface area contributed by atoms with Gasteiger partial charge in [-0.15, -0.1) is 0 Å². The third-order valence-corrected chi connectivity index (χ3v) is 2.06. The van der Waals surface area contributed by atoms with Crippen LogP contribution in [0.25, 0.3) is 0 Å². The first kappa shape index (κ1) is 9.86. The van der Waals surface area contributed by atoms with Crippen LogP contribution < -0.4 is 5.73 Å². The van der Waals surface area contributed by atoms with Crippen molar-refractivity contribution in [3.63, 3.8) is 0 Å². The summed E-state index contributed by atoms with van der Waals surface area (Å²) in [6.07, 6.45) is 0.708. The molecule has 1 rings (SSSR count). The van der Waals surface area contributed by atoms with E-state index in [2.05, 4.69) is 0 Å². The summed E-state index contributed by atoms with van der Waals surface area (Å²) in [5.74, 6) is -0.121. The van der Waals surface area contributed by atoms with E-state index in [0.717, 1.165) is 5.56 Å². The average molecular weight is 181 g/mol. The van der Waals surface area contributed by atoms with Crippen LogP contribution in [0.3, 0.4) is 0 Å². The van der Waals surface area contributed by atoms with Crippen molar-refractivity contribution in [1.29, 1.82) is 0 Å². The molecule has 0 bridgehead atoms. The second-order valence-electron chi connectivity index (χ2n) is 3.40. The Morgan fingerprint density at radius 2 is 2.00 bits per heavy atom. The monoisotopic (exact) mass is 181 g/mol. The molecular formula is C10H15NO2. The van der Waals surface area contributed by atoms with Gasteiger partial charge >= 0.3 is 0 Å². The van der Waals surface area contributed by atoms with Crippen molar-refractivity contribution >= 4 is 0 Å². The van der Waals surface area contributed by atoms with Gasteiger partial charge in [-0.1, -0.05) is 6.07 Å². The second-order valence-corrected chi connectivity index (χ2v) is 3.40. The van der Waals surface area contributed by atoms with Gasteiger partial charge in [-0.05, 0) is 37.5 Å². The summed E-state index contributed by atoms with van der Waals surface area (Å²) in [4.78, 5) is 0. The number of phenols is 2. The average Bonchev–Trinajstić information content (AvgIpc) is 2.06. The summed E-state index contributed by atoms with van der Waals surface area (Å²) in [5.41, 5.74) is 7.32. The number of phenolic OH excluding ortho intramolecular Hbond substituents is 2. The third-order valence-electron chi connectivity index (χ3n) is 2.06. The van der Waals surface area contributed by atoms with Crippen LogP contribution in [0.2, 0.25) is 0 Å². The zero-order valence-electron chi connectivity index (χ0n) is 7.91. The molecule has 0 aliphatic heterocycles. The molecule has 3 nitrogen and oxygen atoms in total. The van der Waals surface area contributed by atoms with Gasteiger partial charge in [-0.25, -0.2) is 0 Å². The molecular weight excluding hydrogens is 166 g/mol. The van der Waals surface area contributed by atoms with Crippen molar-refractivity contribution in [2.24, 2.45) is 5.73 Å². The Bertz CT molecular complexity index is 308. The van der Waals surface area contributed by atoms with Crippen molar-refractivity contribution in [3.8, 4) is 11.5 Å². The Kier molecular flexibility index (Phi) is 2.78. The van der Waals surface area contributed by atoms with E-state index in [1.165, 1.54) is 6.07 Å². The molecule has 3 heteroatoms. The molecule has 72 valence electrons. The molecule has 13 heavy (non-hydrogen) atoms. The summed E-state index contributed by atoms with van der Waals surface area (Å²) in [7, 11) is 0. The predicted molar refractivity (Wildman–Crippen MR) is 51.9 cm³/mol. The molecule has 1 aromatic rings. The highest BCUT2D eigenvalue weighted by atomic mass is 16.3.